The highest BCUT2D eigenvalue weighted by atomic mass is 19.3. The van der Waals surface area contributed by atoms with E-state index < -0.39 is 30.8 Å². The van der Waals surface area contributed by atoms with Crippen LogP contribution in [-0.4, -0.2) is 29.5 Å². The maximum Gasteiger partial charge on any atom is 0.326 e. The first-order valence-corrected chi connectivity index (χ1v) is 3.21. The molecule has 6 heteroatoms. The highest BCUT2D eigenvalue weighted by Crippen LogP contribution is 2.03. The Hall–Kier alpha value is -1.20. The summed E-state index contributed by atoms with van der Waals surface area (Å²) in [6.45, 7) is 1.07. The van der Waals surface area contributed by atoms with Crippen molar-refractivity contribution in [2.24, 2.45) is 0 Å². The molecular weight excluding hydrogens is 172 g/mol. The summed E-state index contributed by atoms with van der Waals surface area (Å²) in [6, 6.07) is -1.50. The molecule has 0 heterocycles. The molecule has 0 aromatic heterocycles. The van der Waals surface area contributed by atoms with Gasteiger partial charge in [0.15, 0.2) is 0 Å². The molecule has 0 aliphatic heterocycles. The number of alkyl halides is 2. The van der Waals surface area contributed by atoms with Gasteiger partial charge in [-0.1, -0.05) is 0 Å². The lowest BCUT2D eigenvalue weighted by Crippen LogP contribution is -2.40. The maximum absolute atomic E-state index is 11.7. The minimum absolute atomic E-state index is 0.636. The Kier molecular flexibility index (Phi) is 4.17. The molecule has 0 aromatic carbocycles. The van der Waals surface area contributed by atoms with Gasteiger partial charge in [0.05, 0.1) is 0 Å². The molecule has 0 aliphatic carbocycles. The normalized spacial score (nSPS) is 12.7. The molecule has 0 rings (SSSR count). The van der Waals surface area contributed by atoms with Gasteiger partial charge in [-0.05, 0) is 0 Å². The van der Waals surface area contributed by atoms with Gasteiger partial charge in [0, 0.05) is 13.3 Å². The first-order chi connectivity index (χ1) is 5.43. The van der Waals surface area contributed by atoms with E-state index in [4.69, 9.17) is 5.11 Å². The maximum atomic E-state index is 11.7. The Morgan fingerprint density at radius 1 is 1.50 bits per heavy atom. The first kappa shape index (κ1) is 10.8. The number of amides is 1. The van der Waals surface area contributed by atoms with Crippen LogP contribution in [0.4, 0.5) is 8.78 Å². The van der Waals surface area contributed by atoms with Gasteiger partial charge in [-0.3, -0.25) is 4.79 Å². The summed E-state index contributed by atoms with van der Waals surface area (Å²) in [5.41, 5.74) is 0. The monoisotopic (exact) mass is 181 g/mol. The van der Waals surface area contributed by atoms with Crippen LogP contribution >= 0.6 is 0 Å². The summed E-state index contributed by atoms with van der Waals surface area (Å²) in [5, 5.41) is 10.2. The molecule has 0 aliphatic rings. The largest absolute Gasteiger partial charge is 0.480 e. The van der Waals surface area contributed by atoms with Crippen molar-refractivity contribution in [3.63, 3.8) is 0 Å². The van der Waals surface area contributed by atoms with Crippen molar-refractivity contribution in [1.29, 1.82) is 0 Å². The zero-order valence-corrected chi connectivity index (χ0v) is 6.38. The van der Waals surface area contributed by atoms with Crippen LogP contribution in [0.1, 0.15) is 13.3 Å². The van der Waals surface area contributed by atoms with E-state index in [1.807, 2.05) is 5.32 Å². The summed E-state index contributed by atoms with van der Waals surface area (Å²) in [7, 11) is 0. The van der Waals surface area contributed by atoms with Crippen LogP contribution in [0.3, 0.4) is 0 Å². The molecule has 0 saturated carbocycles. The van der Waals surface area contributed by atoms with Crippen molar-refractivity contribution in [2.45, 2.75) is 25.8 Å². The third kappa shape index (κ3) is 4.59. The number of carbonyl (C=O) groups is 2. The minimum Gasteiger partial charge on any atom is -0.480 e. The molecule has 70 valence electrons. The average Bonchev–Trinajstić information content (AvgIpc) is 1.83. The fourth-order valence-corrected chi connectivity index (χ4v) is 0.645. The van der Waals surface area contributed by atoms with E-state index in [0.717, 1.165) is 6.92 Å². The third-order valence-corrected chi connectivity index (χ3v) is 1.09. The molecule has 1 atom stereocenters. The van der Waals surface area contributed by atoms with E-state index >= 15 is 0 Å². The predicted octanol–water partition coefficient (Wildman–Crippen LogP) is 0.231. The van der Waals surface area contributed by atoms with Crippen molar-refractivity contribution < 1.29 is 23.5 Å². The summed E-state index contributed by atoms with van der Waals surface area (Å²) in [4.78, 5) is 20.5. The SMILES string of the molecule is CC(=O)N[C@H](CC(F)F)C(=O)O. The smallest absolute Gasteiger partial charge is 0.326 e. The summed E-state index contributed by atoms with van der Waals surface area (Å²) in [6.07, 6.45) is -3.60. The van der Waals surface area contributed by atoms with Gasteiger partial charge < -0.3 is 10.4 Å². The number of halogens is 2. The Balaban J connectivity index is 4.04. The molecule has 0 unspecified atom stereocenters. The number of rotatable bonds is 4. The highest BCUT2D eigenvalue weighted by Gasteiger charge is 2.22. The fraction of sp³-hybridized carbons (Fsp3) is 0.667. The van der Waals surface area contributed by atoms with Crippen molar-refractivity contribution in [3.05, 3.63) is 0 Å². The van der Waals surface area contributed by atoms with Crippen LogP contribution in [0, 0.1) is 0 Å². The van der Waals surface area contributed by atoms with Gasteiger partial charge >= 0.3 is 5.97 Å². The zero-order valence-electron chi connectivity index (χ0n) is 6.38. The highest BCUT2D eigenvalue weighted by molar-refractivity contribution is 5.81. The van der Waals surface area contributed by atoms with Gasteiger partial charge in [-0.15, -0.1) is 0 Å². The number of carboxylic acid groups (broad SMARTS) is 1. The minimum atomic E-state index is -2.74. The molecule has 0 bridgehead atoms. The van der Waals surface area contributed by atoms with E-state index in [2.05, 4.69) is 0 Å². The fourth-order valence-electron chi connectivity index (χ4n) is 0.645. The van der Waals surface area contributed by atoms with E-state index in [1.165, 1.54) is 0 Å². The summed E-state index contributed by atoms with van der Waals surface area (Å²) in [5.74, 6) is -2.09. The molecule has 0 fully saturated rings. The molecule has 2 N–H and O–H groups in total. The number of aliphatic carboxylic acids is 1. The quantitative estimate of drug-likeness (QED) is 0.652. The van der Waals surface area contributed by atoms with E-state index in [9.17, 15) is 18.4 Å². The van der Waals surface area contributed by atoms with Gasteiger partial charge in [-0.25, -0.2) is 13.6 Å². The first-order valence-electron chi connectivity index (χ1n) is 3.21. The Bertz CT molecular complexity index is 184. The Labute approximate surface area is 67.6 Å². The number of carbonyl (C=O) groups excluding carboxylic acids is 1. The number of nitrogens with one attached hydrogen (secondary N) is 1. The van der Waals surface area contributed by atoms with Crippen LogP contribution in [0.2, 0.25) is 0 Å². The number of carboxylic acids is 1. The zero-order chi connectivity index (χ0) is 9.72. The third-order valence-electron chi connectivity index (χ3n) is 1.09. The van der Waals surface area contributed by atoms with E-state index in [0.29, 0.717) is 0 Å². The second-order valence-electron chi connectivity index (χ2n) is 2.22. The lowest BCUT2D eigenvalue weighted by molar-refractivity contribution is -0.142. The topological polar surface area (TPSA) is 66.4 Å². The van der Waals surface area contributed by atoms with Crippen LogP contribution < -0.4 is 5.32 Å². The predicted molar refractivity (Wildman–Crippen MR) is 35.9 cm³/mol. The molecule has 0 aromatic rings. The Morgan fingerprint density at radius 2 is 2.00 bits per heavy atom. The second-order valence-corrected chi connectivity index (χ2v) is 2.22. The molecule has 0 spiro atoms. The number of hydrogen-bond acceptors (Lipinski definition) is 2. The van der Waals surface area contributed by atoms with Gasteiger partial charge in [0.1, 0.15) is 6.04 Å². The average molecular weight is 181 g/mol. The molecular formula is C6H9F2NO3. The summed E-state index contributed by atoms with van der Waals surface area (Å²) < 4.78 is 23.4. The standard InChI is InChI=1S/C6H9F2NO3/c1-3(10)9-4(6(11)12)2-5(7)8/h4-5H,2H2,1H3,(H,9,10)(H,11,12)/t4-/m1/s1. The van der Waals surface area contributed by atoms with Crippen LogP contribution in [0.15, 0.2) is 0 Å². The molecule has 0 saturated heterocycles. The van der Waals surface area contributed by atoms with E-state index in [-0.39, 0.29) is 0 Å². The molecule has 1 amide bonds. The van der Waals surface area contributed by atoms with Gasteiger partial charge in [0.25, 0.3) is 0 Å². The van der Waals surface area contributed by atoms with Gasteiger partial charge in [0.2, 0.25) is 12.3 Å². The van der Waals surface area contributed by atoms with Crippen molar-refractivity contribution >= 4 is 11.9 Å². The molecule has 0 radical (unpaired) electrons. The van der Waals surface area contributed by atoms with Crippen molar-refractivity contribution in [3.8, 4) is 0 Å². The number of hydrogen-bond donors (Lipinski definition) is 2. The molecule has 4 nitrogen and oxygen atoms in total. The molecule has 12 heavy (non-hydrogen) atoms. The lowest BCUT2D eigenvalue weighted by atomic mass is 10.2. The second kappa shape index (κ2) is 4.63. The van der Waals surface area contributed by atoms with Gasteiger partial charge in [-0.2, -0.15) is 0 Å². The lowest BCUT2D eigenvalue weighted by Gasteiger charge is -2.11. The summed E-state index contributed by atoms with van der Waals surface area (Å²) >= 11 is 0. The van der Waals surface area contributed by atoms with Crippen LogP contribution in [0.5, 0.6) is 0 Å². The van der Waals surface area contributed by atoms with E-state index in [1.54, 1.807) is 0 Å². The van der Waals surface area contributed by atoms with Crippen LogP contribution in [0.25, 0.3) is 0 Å². The van der Waals surface area contributed by atoms with Crippen molar-refractivity contribution in [1.82, 2.24) is 5.32 Å². The van der Waals surface area contributed by atoms with Crippen molar-refractivity contribution in [2.75, 3.05) is 0 Å². The Morgan fingerprint density at radius 3 is 2.25 bits per heavy atom. The van der Waals surface area contributed by atoms with Crippen LogP contribution in [-0.2, 0) is 9.59 Å².